The average molecular weight is 388 g/mol. The van der Waals surface area contributed by atoms with E-state index in [4.69, 9.17) is 9.47 Å². The Morgan fingerprint density at radius 3 is 2.79 bits per heavy atom. The van der Waals surface area contributed by atoms with Crippen LogP contribution in [-0.4, -0.2) is 59.6 Å². The molecule has 2 atom stereocenters. The molecule has 1 aliphatic carbocycles. The van der Waals surface area contributed by atoms with Gasteiger partial charge in [-0.15, -0.1) is 0 Å². The molecular formula is C20H24N2O6. The van der Waals surface area contributed by atoms with Gasteiger partial charge in [0.1, 0.15) is 6.61 Å². The number of nitrogens with zero attached hydrogens (tertiary/aromatic N) is 2. The van der Waals surface area contributed by atoms with E-state index in [-0.39, 0.29) is 40.7 Å². The fourth-order valence-electron chi connectivity index (χ4n) is 4.30. The highest BCUT2D eigenvalue weighted by Crippen LogP contribution is 2.56. The van der Waals surface area contributed by atoms with Crippen LogP contribution in [0.3, 0.4) is 0 Å². The van der Waals surface area contributed by atoms with Crippen molar-refractivity contribution in [1.82, 2.24) is 4.90 Å². The van der Waals surface area contributed by atoms with Gasteiger partial charge in [0.2, 0.25) is 0 Å². The second-order valence-electron chi connectivity index (χ2n) is 7.71. The topological polar surface area (TPSA) is 99.5 Å². The van der Waals surface area contributed by atoms with Gasteiger partial charge < -0.3 is 24.6 Å². The van der Waals surface area contributed by atoms with Crippen molar-refractivity contribution in [2.24, 2.45) is 5.41 Å². The van der Waals surface area contributed by atoms with E-state index in [2.05, 4.69) is 6.58 Å². The van der Waals surface area contributed by atoms with E-state index in [0.717, 1.165) is 24.2 Å². The lowest BCUT2D eigenvalue weighted by atomic mass is 9.87. The van der Waals surface area contributed by atoms with Gasteiger partial charge >= 0.3 is 6.09 Å². The second kappa shape index (κ2) is 6.70. The average Bonchev–Trinajstić information content (AvgIpc) is 3.45. The van der Waals surface area contributed by atoms with Crippen LogP contribution in [0.5, 0.6) is 11.5 Å². The minimum atomic E-state index is -1.28. The summed E-state index contributed by atoms with van der Waals surface area (Å²) in [5.41, 5.74) is 0.428. The lowest BCUT2D eigenvalue weighted by molar-refractivity contribution is 0.00827. The zero-order valence-electron chi connectivity index (χ0n) is 15.8. The van der Waals surface area contributed by atoms with E-state index >= 15 is 0 Å². The molecule has 1 saturated carbocycles. The number of anilines is 1. The number of phenols is 1. The van der Waals surface area contributed by atoms with Crippen molar-refractivity contribution in [3.63, 3.8) is 0 Å². The molecule has 1 saturated heterocycles. The van der Waals surface area contributed by atoms with Crippen molar-refractivity contribution in [1.29, 1.82) is 0 Å². The number of benzene rings is 1. The van der Waals surface area contributed by atoms with Gasteiger partial charge in [0.25, 0.3) is 5.91 Å². The monoisotopic (exact) mass is 388 g/mol. The van der Waals surface area contributed by atoms with E-state index in [0.29, 0.717) is 13.0 Å². The van der Waals surface area contributed by atoms with Gasteiger partial charge in [-0.2, -0.15) is 0 Å². The Balaban J connectivity index is 1.82. The highest BCUT2D eigenvalue weighted by Gasteiger charge is 2.54. The molecule has 2 aliphatic heterocycles. The molecule has 28 heavy (non-hydrogen) atoms. The van der Waals surface area contributed by atoms with Crippen LogP contribution in [-0.2, 0) is 4.74 Å². The molecule has 2 fully saturated rings. The van der Waals surface area contributed by atoms with Crippen LogP contribution in [0.4, 0.5) is 10.5 Å². The summed E-state index contributed by atoms with van der Waals surface area (Å²) in [6.07, 6.45) is 2.99. The van der Waals surface area contributed by atoms with Crippen molar-refractivity contribution >= 4 is 17.7 Å². The zero-order chi connectivity index (χ0) is 20.1. The molecule has 8 heteroatoms. The molecular weight excluding hydrogens is 364 g/mol. The SMILES string of the molecule is C=CCOC(=O)N1c2cc(O)c(OC)cc2C(=O)N2CCC3(CC3)C[C@H]2C1O. The van der Waals surface area contributed by atoms with Gasteiger partial charge in [-0.1, -0.05) is 12.7 Å². The van der Waals surface area contributed by atoms with Crippen LogP contribution in [0.2, 0.25) is 0 Å². The van der Waals surface area contributed by atoms with Gasteiger partial charge in [-0.3, -0.25) is 4.79 Å². The predicted molar refractivity (Wildman–Crippen MR) is 100 cm³/mol. The van der Waals surface area contributed by atoms with Gasteiger partial charge in [-0.05, 0) is 37.2 Å². The largest absolute Gasteiger partial charge is 0.504 e. The number of aliphatic hydroxyl groups is 1. The lowest BCUT2D eigenvalue weighted by Gasteiger charge is -2.42. The molecule has 0 bridgehead atoms. The molecule has 8 nitrogen and oxygen atoms in total. The van der Waals surface area contributed by atoms with Crippen molar-refractivity contribution in [3.8, 4) is 11.5 Å². The number of aliphatic hydroxyl groups excluding tert-OH is 1. The molecule has 1 aromatic carbocycles. The molecule has 1 aromatic rings. The summed E-state index contributed by atoms with van der Waals surface area (Å²) in [5, 5.41) is 21.4. The lowest BCUT2D eigenvalue weighted by Crippen LogP contribution is -2.56. The Bertz CT molecular complexity index is 834. The third-order valence-corrected chi connectivity index (χ3v) is 6.06. The quantitative estimate of drug-likeness (QED) is 0.771. The smallest absolute Gasteiger partial charge is 0.416 e. The maximum Gasteiger partial charge on any atom is 0.416 e. The summed E-state index contributed by atoms with van der Waals surface area (Å²) in [5.74, 6) is -0.414. The molecule has 150 valence electrons. The Morgan fingerprint density at radius 2 is 2.14 bits per heavy atom. The summed E-state index contributed by atoms with van der Waals surface area (Å²) in [4.78, 5) is 28.7. The number of piperidine rings is 1. The highest BCUT2D eigenvalue weighted by molar-refractivity contribution is 6.05. The maximum atomic E-state index is 13.3. The molecule has 2 N–H and O–H groups in total. The van der Waals surface area contributed by atoms with Crippen LogP contribution in [0.15, 0.2) is 24.8 Å². The summed E-state index contributed by atoms with van der Waals surface area (Å²) >= 11 is 0. The molecule has 1 unspecified atom stereocenters. The zero-order valence-corrected chi connectivity index (χ0v) is 15.8. The van der Waals surface area contributed by atoms with Crippen LogP contribution in [0, 0.1) is 5.41 Å². The van der Waals surface area contributed by atoms with Crippen LogP contribution in [0.1, 0.15) is 36.0 Å². The fraction of sp³-hybridized carbons (Fsp3) is 0.500. The van der Waals surface area contributed by atoms with Crippen molar-refractivity contribution in [2.45, 2.75) is 38.0 Å². The van der Waals surface area contributed by atoms with Crippen LogP contribution < -0.4 is 9.64 Å². The normalized spacial score (nSPS) is 24.9. The number of fused-ring (bicyclic) bond motifs is 2. The van der Waals surface area contributed by atoms with Crippen LogP contribution >= 0.6 is 0 Å². The summed E-state index contributed by atoms with van der Waals surface area (Å²) in [6, 6.07) is 2.12. The summed E-state index contributed by atoms with van der Waals surface area (Å²) in [6.45, 7) is 4.00. The molecule has 4 rings (SSSR count). The first kappa shape index (κ1) is 18.6. The number of hydrogen-bond donors (Lipinski definition) is 2. The van der Waals surface area contributed by atoms with E-state index in [1.165, 1.54) is 25.3 Å². The predicted octanol–water partition coefficient (Wildman–Crippen LogP) is 2.25. The molecule has 3 aliphatic rings. The second-order valence-corrected chi connectivity index (χ2v) is 7.71. The first-order valence-corrected chi connectivity index (χ1v) is 9.38. The van der Waals surface area contributed by atoms with E-state index < -0.39 is 18.4 Å². The summed E-state index contributed by atoms with van der Waals surface area (Å²) < 4.78 is 10.3. The molecule has 2 amide bonds. The minimum Gasteiger partial charge on any atom is -0.504 e. The minimum absolute atomic E-state index is 0.0359. The van der Waals surface area contributed by atoms with Crippen molar-refractivity contribution < 1.29 is 29.3 Å². The number of rotatable bonds is 3. The first-order chi connectivity index (χ1) is 13.4. The van der Waals surface area contributed by atoms with Gasteiger partial charge in [0.05, 0.1) is 24.4 Å². The van der Waals surface area contributed by atoms with E-state index in [1.807, 2.05) is 0 Å². The number of carbonyl (C=O) groups excluding carboxylic acids is 2. The molecule has 1 spiro atoms. The summed E-state index contributed by atoms with van der Waals surface area (Å²) in [7, 11) is 1.38. The van der Waals surface area contributed by atoms with Gasteiger partial charge in [-0.25, -0.2) is 9.69 Å². The highest BCUT2D eigenvalue weighted by atomic mass is 16.6. The number of phenolic OH excluding ortho intramolecular Hbond substituents is 1. The van der Waals surface area contributed by atoms with Crippen LogP contribution in [0.25, 0.3) is 0 Å². The van der Waals surface area contributed by atoms with Gasteiger partial charge in [0.15, 0.2) is 17.7 Å². The number of methoxy groups -OCH3 is 1. The number of amides is 2. The number of hydrogen-bond acceptors (Lipinski definition) is 6. The number of aromatic hydroxyl groups is 1. The Hall–Kier alpha value is -2.74. The maximum absolute atomic E-state index is 13.3. The Kier molecular flexibility index (Phi) is 4.45. The number of ether oxygens (including phenoxy) is 2. The van der Waals surface area contributed by atoms with Crippen molar-refractivity contribution in [3.05, 3.63) is 30.4 Å². The Morgan fingerprint density at radius 1 is 1.39 bits per heavy atom. The first-order valence-electron chi connectivity index (χ1n) is 9.38. The standard InChI is InChI=1S/C20H24N2O6/c1-3-8-28-19(26)22-13-10-15(23)16(27-2)9-12(13)17(24)21-7-6-20(4-5-20)11-14(21)18(22)25/h3,9-10,14,18,23,25H,1,4-8,11H2,2H3/t14-,18?/m0/s1. The molecule has 2 heterocycles. The van der Waals surface area contributed by atoms with Gasteiger partial charge in [0, 0.05) is 12.6 Å². The third kappa shape index (κ3) is 2.88. The van der Waals surface area contributed by atoms with Crippen molar-refractivity contribution in [2.75, 3.05) is 25.2 Å². The third-order valence-electron chi connectivity index (χ3n) is 6.06. The fourth-order valence-corrected chi connectivity index (χ4v) is 4.30. The number of carbonyl (C=O) groups is 2. The van der Waals surface area contributed by atoms with E-state index in [1.54, 1.807) is 4.90 Å². The molecule has 0 radical (unpaired) electrons. The van der Waals surface area contributed by atoms with E-state index in [9.17, 15) is 19.8 Å². The molecule has 0 aromatic heterocycles. The Labute approximate surface area is 162 Å².